The molecule has 0 rings (SSSR count). The minimum atomic E-state index is -3.65. The Morgan fingerprint density at radius 2 is 0.385 bits per heavy atom. The molecule has 0 bridgehead atoms. The van der Waals surface area contributed by atoms with Crippen LogP contribution in [0.4, 0.5) is 0 Å². The van der Waals surface area contributed by atoms with Crippen LogP contribution in [0, 0.1) is 83.0 Å². The van der Waals surface area contributed by atoms with Gasteiger partial charge in [-0.25, -0.2) is 0 Å². The second-order valence-corrected chi connectivity index (χ2v) is 2.95. The van der Waals surface area contributed by atoms with Gasteiger partial charge in [-0.3, -0.25) is 0 Å². The number of hydrogen-bond donors (Lipinski definition) is 0. The Hall–Kier alpha value is 2.37. The van der Waals surface area contributed by atoms with Crippen LogP contribution in [0.15, 0.2) is 0 Å². The van der Waals surface area contributed by atoms with Gasteiger partial charge >= 0.3 is 0 Å². The zero-order chi connectivity index (χ0) is 10.7. The van der Waals surface area contributed by atoms with E-state index in [1.165, 1.54) is 0 Å². The maximum Gasteiger partial charge on any atom is 0.216 e. The Labute approximate surface area is 119 Å². The summed E-state index contributed by atoms with van der Waals surface area (Å²) >= 11 is -10.9. The zero-order valence-electron chi connectivity index (χ0n) is 5.14. The number of hydrogen-bond acceptors (Lipinski definition) is 9. The van der Waals surface area contributed by atoms with Crippen molar-refractivity contribution in [3.8, 4) is 0 Å². The smallest absolute Gasteiger partial charge is 0.216 e. The van der Waals surface area contributed by atoms with Crippen LogP contribution in [-0.2, 0) is 0 Å². The fourth-order valence-electron chi connectivity index (χ4n) is 0. The van der Waals surface area contributed by atoms with Crippen LogP contribution in [0.2, 0.25) is 0 Å². The summed E-state index contributed by atoms with van der Waals surface area (Å²) in [4.78, 5) is 0. The third kappa shape index (κ3) is 393. The molecule has 0 aromatic rings. The zero-order valence-corrected chi connectivity index (χ0v) is 12.0. The average Bonchev–Trinajstić information content (AvgIpc) is 1.54. The summed E-state index contributed by atoms with van der Waals surface area (Å²) in [5, 5.41) is 0. The van der Waals surface area contributed by atoms with Crippen molar-refractivity contribution >= 4 is 0 Å². The first-order chi connectivity index (χ1) is 5.20. The van der Waals surface area contributed by atoms with Gasteiger partial charge in [-0.15, -0.1) is 0 Å². The van der Waals surface area contributed by atoms with Gasteiger partial charge in [-0.1, -0.05) is 0 Å². The van der Waals surface area contributed by atoms with Crippen LogP contribution >= 0.6 is 0 Å². The van der Waals surface area contributed by atoms with Gasteiger partial charge in [0.15, 0.2) is 0 Å². The molecule has 13 heavy (non-hydrogen) atoms. The van der Waals surface area contributed by atoms with Crippen molar-refractivity contribution in [1.82, 2.24) is 0 Å². The molecule has 0 aliphatic heterocycles. The molecule has 0 unspecified atom stereocenters. The van der Waals surface area contributed by atoms with E-state index >= 15 is 0 Å². The third-order valence-electron chi connectivity index (χ3n) is 0. The van der Waals surface area contributed by atoms with Crippen molar-refractivity contribution in [2.45, 2.75) is 0 Å². The van der Waals surface area contributed by atoms with Gasteiger partial charge in [0.1, 0.15) is 0 Å². The fraction of sp³-hybridized carbons (Fsp3) is 0. The largest absolute Gasteiger partial charge is 0.405 e. The molecule has 0 spiro atoms. The van der Waals surface area contributed by atoms with E-state index in [0.29, 0.717) is 0 Å². The van der Waals surface area contributed by atoms with Crippen LogP contribution in [0.3, 0.4) is 0 Å². The van der Waals surface area contributed by atoms with Gasteiger partial charge in [0, 0.05) is 38.6 Å². The Bertz CT molecular complexity index is 43.4. The standard InChI is InChI=1S/3BrO3.Tb/c3*2-1(3)4;/q3*-1;. The van der Waals surface area contributed by atoms with Crippen molar-refractivity contribution in [2.75, 3.05) is 0 Å². The number of rotatable bonds is 0. The summed E-state index contributed by atoms with van der Waals surface area (Å²) in [6, 6.07) is 0. The summed E-state index contributed by atoms with van der Waals surface area (Å²) in [5.74, 6) is 0. The molecule has 9 nitrogen and oxygen atoms in total. The van der Waals surface area contributed by atoms with E-state index in [4.69, 9.17) is 37.8 Å². The predicted molar refractivity (Wildman–Crippen MR) is 0 cm³/mol. The molecule has 0 aromatic carbocycles. The van der Waals surface area contributed by atoms with Gasteiger partial charge in [-0.05, 0) is 0 Å². The maximum atomic E-state index is 8.52. The number of halogens is 3. The Balaban J connectivity index is -0.0000000450. The maximum absolute atomic E-state index is 8.52. The SMILES string of the molecule is [O-][Br+2]([O-])[O-].[O-][Br+2]([O-])[O-].[O-][Br+2]([O-])[O-].[Tb]. The Kier molecular flexibility index (Phi) is 37.5. The minimum absolute atomic E-state index is 0. The van der Waals surface area contributed by atoms with E-state index in [0.717, 1.165) is 0 Å². The van der Waals surface area contributed by atoms with E-state index in [1.54, 1.807) is 0 Å². The molecule has 0 fully saturated rings. The molecule has 0 N–H and O–H groups in total. The van der Waals surface area contributed by atoms with Crippen LogP contribution in [-0.4, -0.2) is 0 Å². The third-order valence-corrected chi connectivity index (χ3v) is 0. The Morgan fingerprint density at radius 1 is 0.385 bits per heavy atom. The van der Waals surface area contributed by atoms with Crippen molar-refractivity contribution in [2.24, 2.45) is 0 Å². The van der Waals surface area contributed by atoms with Crippen LogP contribution in [0.25, 0.3) is 0 Å². The van der Waals surface area contributed by atoms with Gasteiger partial charge < -0.3 is 37.8 Å². The van der Waals surface area contributed by atoms with E-state index in [9.17, 15) is 0 Å². The predicted octanol–water partition coefficient (Wildman–Crippen LogP) is -10.7. The van der Waals surface area contributed by atoms with Crippen LogP contribution in [0.1, 0.15) is 0 Å². The molecule has 0 atom stereocenters. The molecule has 1 radical (unpaired) electrons. The first-order valence-corrected chi connectivity index (χ1v) is 7.22. The van der Waals surface area contributed by atoms with Crippen molar-refractivity contribution in [3.05, 3.63) is 0 Å². The van der Waals surface area contributed by atoms with E-state index in [1.807, 2.05) is 0 Å². The first-order valence-electron chi connectivity index (χ1n) is 1.39. The van der Waals surface area contributed by atoms with E-state index in [2.05, 4.69) is 0 Å². The second-order valence-electron chi connectivity index (χ2n) is 0.567. The van der Waals surface area contributed by atoms with Crippen molar-refractivity contribution in [1.29, 1.82) is 0 Å². The van der Waals surface area contributed by atoms with Gasteiger partial charge in [-0.2, -0.15) is 0 Å². The monoisotopic (exact) mass is 540 g/mol. The summed E-state index contributed by atoms with van der Waals surface area (Å²) in [5.41, 5.74) is 0. The molecule has 0 saturated heterocycles. The Morgan fingerprint density at radius 3 is 0.385 bits per heavy atom. The fourth-order valence-corrected chi connectivity index (χ4v) is 0. The summed E-state index contributed by atoms with van der Waals surface area (Å²) in [6.45, 7) is 0. The van der Waals surface area contributed by atoms with Gasteiger partial charge in [0.2, 0.25) is 44.4 Å². The summed E-state index contributed by atoms with van der Waals surface area (Å²) in [7, 11) is 0. The molecule has 0 aliphatic rings. The van der Waals surface area contributed by atoms with Crippen molar-refractivity contribution < 1.29 is 121 Å². The molecule has 0 aromatic heterocycles. The summed E-state index contributed by atoms with van der Waals surface area (Å²) in [6.07, 6.45) is 0. The molecule has 87 valence electrons. The van der Waals surface area contributed by atoms with E-state index < -0.39 is 44.4 Å². The molecular formula is Br3O9Tb-3. The molecule has 0 saturated carbocycles. The van der Waals surface area contributed by atoms with Crippen LogP contribution in [0.5, 0.6) is 0 Å². The molecule has 0 amide bonds. The quantitative estimate of drug-likeness (QED) is 0.284. The van der Waals surface area contributed by atoms with Crippen LogP contribution < -0.4 is 37.8 Å². The van der Waals surface area contributed by atoms with Gasteiger partial charge in [0.05, 0.1) is 0 Å². The normalized spacial score (nSPS) is 8.31. The van der Waals surface area contributed by atoms with E-state index in [-0.39, 0.29) is 38.6 Å². The minimum Gasteiger partial charge on any atom is -0.405 e. The molecule has 13 heteroatoms. The first kappa shape index (κ1) is 24.5. The molecule has 0 aliphatic carbocycles. The molecular weight excluding hydrogens is 543 g/mol. The molecule has 0 heterocycles. The van der Waals surface area contributed by atoms with Crippen molar-refractivity contribution in [3.63, 3.8) is 0 Å². The summed E-state index contributed by atoms with van der Waals surface area (Å²) < 4.78 is 76.7. The average molecular weight is 543 g/mol. The topological polar surface area (TPSA) is 208 Å². The second kappa shape index (κ2) is 19.9. The van der Waals surface area contributed by atoms with Gasteiger partial charge in [0.25, 0.3) is 0 Å².